The Morgan fingerprint density at radius 1 is 0.366 bits per heavy atom. The zero-order chi connectivity index (χ0) is 28.2. The second-order valence-electron chi connectivity index (χ2n) is 8.90. The van der Waals surface area contributed by atoms with Gasteiger partial charge in [0.2, 0.25) is 0 Å². The van der Waals surface area contributed by atoms with Crippen molar-refractivity contribution in [1.82, 2.24) is 9.97 Å². The highest BCUT2D eigenvalue weighted by atomic mass is 16.6. The molecule has 41 heavy (non-hydrogen) atoms. The minimum absolute atomic E-state index is 0.486. The van der Waals surface area contributed by atoms with Gasteiger partial charge < -0.3 is 23.7 Å². The van der Waals surface area contributed by atoms with Gasteiger partial charge in [-0.05, 0) is 70.8 Å². The van der Waals surface area contributed by atoms with Gasteiger partial charge in [0.25, 0.3) is 0 Å². The number of nitrogens with zero attached hydrogens (tertiary/aromatic N) is 2. The second-order valence-corrected chi connectivity index (χ2v) is 8.90. The second kappa shape index (κ2) is 18.1. The number of hydrogen-bond acceptors (Lipinski definition) is 7. The van der Waals surface area contributed by atoms with Gasteiger partial charge in [-0.25, -0.2) is 0 Å². The summed E-state index contributed by atoms with van der Waals surface area (Å²) < 4.78 is 28.2. The normalized spacial score (nSPS) is 11.3. The quantitative estimate of drug-likeness (QED) is 0.134. The van der Waals surface area contributed by atoms with Crippen LogP contribution in [0.5, 0.6) is 11.5 Å². The Morgan fingerprint density at radius 2 is 0.659 bits per heavy atom. The van der Waals surface area contributed by atoms with Gasteiger partial charge in [-0.3, -0.25) is 9.97 Å². The lowest BCUT2D eigenvalue weighted by Gasteiger charge is -2.09. The molecule has 0 aliphatic carbocycles. The third-order valence-electron chi connectivity index (χ3n) is 5.85. The van der Waals surface area contributed by atoms with E-state index in [0.717, 1.165) is 33.8 Å². The van der Waals surface area contributed by atoms with Crippen LogP contribution < -0.4 is 9.47 Å². The zero-order valence-corrected chi connectivity index (χ0v) is 23.1. The van der Waals surface area contributed by atoms with E-state index in [9.17, 15) is 0 Å². The molecule has 2 aromatic carbocycles. The molecule has 0 aliphatic rings. The minimum atomic E-state index is 0.486. The molecular formula is C34H36N2O5. The van der Waals surface area contributed by atoms with Gasteiger partial charge in [-0.2, -0.15) is 0 Å². The van der Waals surface area contributed by atoms with Gasteiger partial charge in [-0.15, -0.1) is 0 Å². The third-order valence-corrected chi connectivity index (χ3v) is 5.85. The van der Waals surface area contributed by atoms with Gasteiger partial charge in [-0.1, -0.05) is 48.6 Å². The van der Waals surface area contributed by atoms with Gasteiger partial charge in [0.1, 0.15) is 24.7 Å². The topological polar surface area (TPSA) is 71.9 Å². The Hall–Kier alpha value is -4.30. The van der Waals surface area contributed by atoms with E-state index in [0.29, 0.717) is 52.9 Å². The fourth-order valence-corrected chi connectivity index (χ4v) is 3.66. The number of hydrogen-bond donors (Lipinski definition) is 0. The van der Waals surface area contributed by atoms with Crippen LogP contribution >= 0.6 is 0 Å². The average Bonchev–Trinajstić information content (AvgIpc) is 3.03. The zero-order valence-electron chi connectivity index (χ0n) is 23.1. The monoisotopic (exact) mass is 552 g/mol. The Bertz CT molecular complexity index is 1190. The van der Waals surface area contributed by atoms with Gasteiger partial charge in [0.15, 0.2) is 0 Å². The highest BCUT2D eigenvalue weighted by Crippen LogP contribution is 2.15. The van der Waals surface area contributed by atoms with Crippen LogP contribution in [0, 0.1) is 0 Å². The summed E-state index contributed by atoms with van der Waals surface area (Å²) in [5.74, 6) is 1.64. The summed E-state index contributed by atoms with van der Waals surface area (Å²) in [7, 11) is 0. The fourth-order valence-electron chi connectivity index (χ4n) is 3.66. The number of aromatic nitrogens is 2. The Balaban J connectivity index is 0.945. The summed E-state index contributed by atoms with van der Waals surface area (Å²) in [5.41, 5.74) is 4.44. The van der Waals surface area contributed by atoms with Crippen molar-refractivity contribution >= 4 is 24.3 Å². The number of pyridine rings is 2. The summed E-state index contributed by atoms with van der Waals surface area (Å²) in [4.78, 5) is 8.05. The molecule has 4 rings (SSSR count). The molecule has 0 amide bonds. The molecule has 4 aromatic rings. The van der Waals surface area contributed by atoms with Crippen molar-refractivity contribution in [2.75, 3.05) is 52.9 Å². The molecule has 0 bridgehead atoms. The molecular weight excluding hydrogens is 516 g/mol. The van der Waals surface area contributed by atoms with Gasteiger partial charge >= 0.3 is 0 Å². The highest BCUT2D eigenvalue weighted by Gasteiger charge is 1.97. The first-order valence-electron chi connectivity index (χ1n) is 13.7. The fraction of sp³-hybridized carbons (Fsp3) is 0.235. The number of benzene rings is 2. The van der Waals surface area contributed by atoms with Crippen molar-refractivity contribution in [3.63, 3.8) is 0 Å². The molecule has 7 heteroatoms. The first kappa shape index (κ1) is 29.7. The van der Waals surface area contributed by atoms with Crippen molar-refractivity contribution in [3.05, 3.63) is 120 Å². The largest absolute Gasteiger partial charge is 0.491 e. The molecule has 0 atom stereocenters. The molecule has 0 spiro atoms. The summed E-state index contributed by atoms with van der Waals surface area (Å²) in [6.07, 6.45) is 15.4. The molecule has 212 valence electrons. The molecule has 7 nitrogen and oxygen atoms in total. The predicted molar refractivity (Wildman–Crippen MR) is 163 cm³/mol. The third kappa shape index (κ3) is 12.2. The van der Waals surface area contributed by atoms with Crippen molar-refractivity contribution in [2.45, 2.75) is 0 Å². The molecule has 0 saturated heterocycles. The predicted octanol–water partition coefficient (Wildman–Crippen LogP) is 6.33. The lowest BCUT2D eigenvalue weighted by atomic mass is 10.1. The average molecular weight is 553 g/mol. The summed E-state index contributed by atoms with van der Waals surface area (Å²) in [5, 5.41) is 0. The lowest BCUT2D eigenvalue weighted by Crippen LogP contribution is -2.14. The van der Waals surface area contributed by atoms with E-state index in [2.05, 4.69) is 34.3 Å². The van der Waals surface area contributed by atoms with E-state index in [1.165, 1.54) is 0 Å². The maximum absolute atomic E-state index is 5.74. The first-order valence-corrected chi connectivity index (χ1v) is 13.7. The smallest absolute Gasteiger partial charge is 0.119 e. The maximum Gasteiger partial charge on any atom is 0.119 e. The Morgan fingerprint density at radius 3 is 1.00 bits per heavy atom. The Labute approximate surface area is 242 Å². The van der Waals surface area contributed by atoms with E-state index in [1.54, 1.807) is 24.8 Å². The SMILES string of the molecule is C(=C\c1ccc(OCCOCCOCCOCCOc2ccc(/C=C/c3ccncc3)cc2)cc1)/c1ccncc1. The van der Waals surface area contributed by atoms with Crippen LogP contribution in [0.25, 0.3) is 24.3 Å². The molecule has 0 unspecified atom stereocenters. The number of rotatable bonds is 18. The van der Waals surface area contributed by atoms with Crippen LogP contribution in [0.1, 0.15) is 22.3 Å². The molecule has 0 fully saturated rings. The van der Waals surface area contributed by atoms with E-state index in [4.69, 9.17) is 23.7 Å². The molecule has 2 heterocycles. The van der Waals surface area contributed by atoms with Crippen molar-refractivity contribution in [2.24, 2.45) is 0 Å². The van der Waals surface area contributed by atoms with Crippen LogP contribution in [0.15, 0.2) is 97.6 Å². The summed E-state index contributed by atoms with van der Waals surface area (Å²) in [6.45, 7) is 4.03. The summed E-state index contributed by atoms with van der Waals surface area (Å²) >= 11 is 0. The van der Waals surface area contributed by atoms with Crippen LogP contribution in [0.2, 0.25) is 0 Å². The summed E-state index contributed by atoms with van der Waals surface area (Å²) in [6, 6.07) is 23.8. The van der Waals surface area contributed by atoms with Crippen LogP contribution in [0.4, 0.5) is 0 Å². The van der Waals surface area contributed by atoms with Crippen molar-refractivity contribution in [3.8, 4) is 11.5 Å². The molecule has 0 aliphatic heterocycles. The standard InChI is InChI=1S/C34H36N2O5/c1(3-31-13-17-35-18-14-31)29-5-9-33(10-6-29)40-27-25-38-23-21-37-22-24-39-26-28-41-34-11-7-30(8-12-34)2-4-32-15-19-36-20-16-32/h1-20H,21-28H2/b3-1+,4-2+. The lowest BCUT2D eigenvalue weighted by molar-refractivity contribution is 0.00499. The Kier molecular flexibility index (Phi) is 13.1. The highest BCUT2D eigenvalue weighted by molar-refractivity contribution is 5.70. The first-order chi connectivity index (χ1) is 20.3. The van der Waals surface area contributed by atoms with Crippen molar-refractivity contribution < 1.29 is 23.7 Å². The van der Waals surface area contributed by atoms with E-state index in [1.807, 2.05) is 72.8 Å². The van der Waals surface area contributed by atoms with E-state index < -0.39 is 0 Å². The van der Waals surface area contributed by atoms with E-state index in [-0.39, 0.29) is 0 Å². The molecule has 2 aromatic heterocycles. The molecule has 0 N–H and O–H groups in total. The van der Waals surface area contributed by atoms with Crippen LogP contribution in [-0.2, 0) is 14.2 Å². The van der Waals surface area contributed by atoms with Crippen molar-refractivity contribution in [1.29, 1.82) is 0 Å². The van der Waals surface area contributed by atoms with Gasteiger partial charge in [0, 0.05) is 24.8 Å². The van der Waals surface area contributed by atoms with E-state index >= 15 is 0 Å². The van der Waals surface area contributed by atoms with Crippen LogP contribution in [0.3, 0.4) is 0 Å². The molecule has 0 saturated carbocycles. The minimum Gasteiger partial charge on any atom is -0.491 e. The van der Waals surface area contributed by atoms with Gasteiger partial charge in [0.05, 0.1) is 39.6 Å². The number of ether oxygens (including phenoxy) is 5. The van der Waals surface area contributed by atoms with Crippen LogP contribution in [-0.4, -0.2) is 62.8 Å². The molecule has 0 radical (unpaired) electrons. The maximum atomic E-state index is 5.74.